The summed E-state index contributed by atoms with van der Waals surface area (Å²) >= 11 is 1.49. The third kappa shape index (κ3) is 2.89. The lowest BCUT2D eigenvalue weighted by Gasteiger charge is -2.34. The van der Waals surface area contributed by atoms with Crippen LogP contribution in [-0.4, -0.2) is 34.4 Å². The molecule has 5 rings (SSSR count). The number of carbonyl (C=O) groups excluding carboxylic acids is 1. The number of hydrogen-bond donors (Lipinski definition) is 2. The molecular formula is C21H16F2N4O2S. The third-order valence-corrected chi connectivity index (χ3v) is 6.33. The molecule has 2 aromatic heterocycles. The summed E-state index contributed by atoms with van der Waals surface area (Å²) in [6, 6.07) is 6.80. The summed E-state index contributed by atoms with van der Waals surface area (Å²) in [6.45, 7) is 0.775. The predicted octanol–water partition coefficient (Wildman–Crippen LogP) is 3.33. The van der Waals surface area contributed by atoms with Gasteiger partial charge in [0, 0.05) is 37.0 Å². The summed E-state index contributed by atoms with van der Waals surface area (Å²) in [6.07, 6.45) is 0. The van der Waals surface area contributed by atoms with Gasteiger partial charge in [-0.3, -0.25) is 9.59 Å². The van der Waals surface area contributed by atoms with Crippen LogP contribution in [0, 0.1) is 11.6 Å². The molecule has 9 heteroatoms. The van der Waals surface area contributed by atoms with Crippen LogP contribution in [0.4, 0.5) is 8.78 Å². The highest BCUT2D eigenvalue weighted by molar-refractivity contribution is 7.16. The van der Waals surface area contributed by atoms with E-state index in [1.54, 1.807) is 29.6 Å². The monoisotopic (exact) mass is 426 g/mol. The molecule has 30 heavy (non-hydrogen) atoms. The second-order valence-corrected chi connectivity index (χ2v) is 8.14. The second kappa shape index (κ2) is 6.96. The van der Waals surface area contributed by atoms with E-state index < -0.39 is 23.2 Å². The van der Waals surface area contributed by atoms with Gasteiger partial charge in [-0.2, -0.15) is 0 Å². The number of pyridine rings is 1. The van der Waals surface area contributed by atoms with Crippen LogP contribution in [0.25, 0.3) is 21.0 Å². The minimum absolute atomic E-state index is 0.0595. The Kier molecular flexibility index (Phi) is 4.37. The van der Waals surface area contributed by atoms with Crippen molar-refractivity contribution in [3.05, 3.63) is 74.7 Å². The van der Waals surface area contributed by atoms with Gasteiger partial charge in [0.15, 0.2) is 11.6 Å². The maximum absolute atomic E-state index is 14.0. The van der Waals surface area contributed by atoms with E-state index >= 15 is 0 Å². The number of benzene rings is 2. The van der Waals surface area contributed by atoms with Gasteiger partial charge in [-0.05, 0) is 35.7 Å². The normalized spacial score (nSPS) is 16.0. The minimum atomic E-state index is -1.08. The highest BCUT2D eigenvalue weighted by Crippen LogP contribution is 2.33. The Hall–Kier alpha value is -3.17. The Labute approximate surface area is 173 Å². The van der Waals surface area contributed by atoms with E-state index in [9.17, 15) is 18.4 Å². The van der Waals surface area contributed by atoms with Gasteiger partial charge in [-0.15, -0.1) is 11.3 Å². The molecule has 2 aromatic carbocycles. The van der Waals surface area contributed by atoms with Crippen LogP contribution in [0.1, 0.15) is 27.7 Å². The Morgan fingerprint density at radius 1 is 1.20 bits per heavy atom. The van der Waals surface area contributed by atoms with Gasteiger partial charge in [0.2, 0.25) is 0 Å². The van der Waals surface area contributed by atoms with E-state index in [0.717, 1.165) is 22.3 Å². The fourth-order valence-corrected chi connectivity index (χ4v) is 4.67. The number of fused-ring (bicyclic) bond motifs is 4. The maximum Gasteiger partial charge on any atom is 0.256 e. The van der Waals surface area contributed by atoms with Crippen molar-refractivity contribution < 1.29 is 13.6 Å². The topological polar surface area (TPSA) is 78.1 Å². The Morgan fingerprint density at radius 2 is 1.97 bits per heavy atom. The summed E-state index contributed by atoms with van der Waals surface area (Å²) < 4.78 is 28.8. The van der Waals surface area contributed by atoms with E-state index in [1.165, 1.54) is 11.3 Å². The van der Waals surface area contributed by atoms with Crippen molar-refractivity contribution in [3.63, 3.8) is 0 Å². The second-order valence-electron chi connectivity index (χ2n) is 7.26. The zero-order valence-electron chi connectivity index (χ0n) is 15.8. The standard InChI is InChI=1S/C21H16F2N4O2S/c1-27(21(29)10-2-3-18-15(4-10)25-9-30-18)17-8-24-7-16-19(17)11-5-13(22)14(23)6-12(11)20(28)26-16/h2-6,9,17,24H,7-8H2,1H3,(H,26,28). The summed E-state index contributed by atoms with van der Waals surface area (Å²) in [5.41, 5.74) is 3.63. The van der Waals surface area contributed by atoms with Crippen LogP contribution in [0.2, 0.25) is 0 Å². The maximum atomic E-state index is 14.0. The smallest absolute Gasteiger partial charge is 0.256 e. The number of thiazole rings is 1. The lowest BCUT2D eigenvalue weighted by atomic mass is 9.93. The van der Waals surface area contributed by atoms with Crippen molar-refractivity contribution in [2.24, 2.45) is 0 Å². The van der Waals surface area contributed by atoms with Gasteiger partial charge >= 0.3 is 0 Å². The molecule has 4 aromatic rings. The van der Waals surface area contributed by atoms with Crippen molar-refractivity contribution in [1.82, 2.24) is 20.2 Å². The molecule has 1 aliphatic heterocycles. The predicted molar refractivity (Wildman–Crippen MR) is 111 cm³/mol. The number of likely N-dealkylation sites (N-methyl/N-ethyl adjacent to an activating group) is 1. The van der Waals surface area contributed by atoms with Crippen molar-refractivity contribution in [2.45, 2.75) is 12.6 Å². The van der Waals surface area contributed by atoms with Crippen molar-refractivity contribution in [2.75, 3.05) is 13.6 Å². The molecule has 2 N–H and O–H groups in total. The van der Waals surface area contributed by atoms with Crippen molar-refractivity contribution >= 4 is 38.2 Å². The molecule has 0 radical (unpaired) electrons. The Balaban J connectivity index is 1.62. The third-order valence-electron chi connectivity index (χ3n) is 5.52. The molecule has 6 nitrogen and oxygen atoms in total. The first kappa shape index (κ1) is 18.8. The highest BCUT2D eigenvalue weighted by Gasteiger charge is 2.30. The first-order valence-corrected chi connectivity index (χ1v) is 10.2. The number of nitrogens with zero attached hydrogens (tertiary/aromatic N) is 2. The summed E-state index contributed by atoms with van der Waals surface area (Å²) in [5.74, 6) is -2.35. The summed E-state index contributed by atoms with van der Waals surface area (Å²) in [4.78, 5) is 34.2. The van der Waals surface area contributed by atoms with Crippen LogP contribution in [0.3, 0.4) is 0 Å². The molecule has 1 amide bonds. The average molecular weight is 426 g/mol. The molecular weight excluding hydrogens is 410 g/mol. The SMILES string of the molecule is CN(C(=O)c1ccc2scnc2c1)C1CNCc2[nH]c(=O)c3cc(F)c(F)cc3c21. The molecule has 3 heterocycles. The van der Waals surface area contributed by atoms with Gasteiger partial charge in [0.25, 0.3) is 11.5 Å². The average Bonchev–Trinajstić information content (AvgIpc) is 3.21. The summed E-state index contributed by atoms with van der Waals surface area (Å²) in [7, 11) is 1.66. The zero-order chi connectivity index (χ0) is 21.0. The quantitative estimate of drug-likeness (QED) is 0.516. The number of aromatic amines is 1. The molecule has 0 saturated heterocycles. The van der Waals surface area contributed by atoms with E-state index in [1.807, 2.05) is 6.07 Å². The number of aromatic nitrogens is 2. The van der Waals surface area contributed by atoms with Gasteiger partial charge in [-0.1, -0.05) is 0 Å². The van der Waals surface area contributed by atoms with E-state index in [-0.39, 0.29) is 11.3 Å². The van der Waals surface area contributed by atoms with Gasteiger partial charge < -0.3 is 15.2 Å². The zero-order valence-corrected chi connectivity index (χ0v) is 16.6. The lowest BCUT2D eigenvalue weighted by Crippen LogP contribution is -2.42. The number of nitrogens with one attached hydrogen (secondary N) is 2. The minimum Gasteiger partial charge on any atom is -0.333 e. The number of amides is 1. The van der Waals surface area contributed by atoms with E-state index in [2.05, 4.69) is 15.3 Å². The number of H-pyrrole nitrogens is 1. The molecule has 1 atom stereocenters. The van der Waals surface area contributed by atoms with Crippen LogP contribution in [0.5, 0.6) is 0 Å². The Bertz CT molecular complexity index is 1380. The molecule has 0 aliphatic carbocycles. The number of carbonyl (C=O) groups is 1. The van der Waals surface area contributed by atoms with Crippen molar-refractivity contribution in [1.29, 1.82) is 0 Å². The first-order chi connectivity index (χ1) is 14.4. The van der Waals surface area contributed by atoms with Crippen molar-refractivity contribution in [3.8, 4) is 0 Å². The van der Waals surface area contributed by atoms with Crippen LogP contribution >= 0.6 is 11.3 Å². The molecule has 0 spiro atoms. The number of halogens is 2. The molecule has 152 valence electrons. The molecule has 0 bridgehead atoms. The van der Waals surface area contributed by atoms with Crippen LogP contribution < -0.4 is 10.9 Å². The number of hydrogen-bond acceptors (Lipinski definition) is 5. The lowest BCUT2D eigenvalue weighted by molar-refractivity contribution is 0.0723. The first-order valence-electron chi connectivity index (χ1n) is 9.29. The molecule has 1 aliphatic rings. The van der Waals surface area contributed by atoms with Crippen LogP contribution in [0.15, 0.2) is 40.6 Å². The fourth-order valence-electron chi connectivity index (χ4n) is 4.01. The molecule has 0 fully saturated rings. The molecule has 1 unspecified atom stereocenters. The largest absolute Gasteiger partial charge is 0.333 e. The van der Waals surface area contributed by atoms with Crippen LogP contribution in [-0.2, 0) is 6.54 Å². The van der Waals surface area contributed by atoms with E-state index in [4.69, 9.17) is 0 Å². The fraction of sp³-hybridized carbons (Fsp3) is 0.190. The Morgan fingerprint density at radius 3 is 2.77 bits per heavy atom. The van der Waals surface area contributed by atoms with Gasteiger partial charge in [0.05, 0.1) is 27.2 Å². The van der Waals surface area contributed by atoms with Gasteiger partial charge in [0.1, 0.15) is 0 Å². The summed E-state index contributed by atoms with van der Waals surface area (Å²) in [5, 5.41) is 3.55. The van der Waals surface area contributed by atoms with E-state index in [0.29, 0.717) is 35.3 Å². The van der Waals surface area contributed by atoms with Gasteiger partial charge in [-0.25, -0.2) is 13.8 Å². The molecule has 0 saturated carbocycles. The highest BCUT2D eigenvalue weighted by atomic mass is 32.1. The number of rotatable bonds is 2.